The smallest absolute Gasteiger partial charge is 0.254 e. The largest absolute Gasteiger partial charge is 0.383 e. The van der Waals surface area contributed by atoms with E-state index in [0.717, 1.165) is 35.0 Å². The first-order chi connectivity index (χ1) is 15.6. The van der Waals surface area contributed by atoms with Crippen LogP contribution in [0.4, 0.5) is 5.82 Å². The van der Waals surface area contributed by atoms with E-state index in [9.17, 15) is 4.79 Å². The average molecular weight is 430 g/mol. The number of aromatic nitrogens is 1. The number of likely N-dealkylation sites (tertiary alicyclic amines) is 1. The third-order valence-electron chi connectivity index (χ3n) is 7.46. The van der Waals surface area contributed by atoms with E-state index in [0.29, 0.717) is 43.0 Å². The minimum absolute atomic E-state index is 0.0746. The van der Waals surface area contributed by atoms with E-state index in [2.05, 4.69) is 34.1 Å². The zero-order valence-electron chi connectivity index (χ0n) is 18.2. The molecule has 2 aromatic carbocycles. The van der Waals surface area contributed by atoms with Crippen molar-refractivity contribution in [3.63, 3.8) is 0 Å². The van der Waals surface area contributed by atoms with Crippen molar-refractivity contribution >= 4 is 22.6 Å². The van der Waals surface area contributed by atoms with Gasteiger partial charge in [0.05, 0.1) is 24.8 Å². The normalized spacial score (nSPS) is 26.8. The molecule has 2 N–H and O–H groups in total. The second kappa shape index (κ2) is 7.57. The highest BCUT2D eigenvalue weighted by atomic mass is 16.5. The van der Waals surface area contributed by atoms with E-state index in [1.165, 1.54) is 5.56 Å². The van der Waals surface area contributed by atoms with Crippen LogP contribution < -0.4 is 5.73 Å². The number of anilines is 1. The third kappa shape index (κ3) is 3.01. The number of hydrogen-bond donors (Lipinski definition) is 1. The summed E-state index contributed by atoms with van der Waals surface area (Å²) >= 11 is 0. The van der Waals surface area contributed by atoms with Gasteiger partial charge in [-0.15, -0.1) is 0 Å². The van der Waals surface area contributed by atoms with E-state index < -0.39 is 0 Å². The van der Waals surface area contributed by atoms with Crippen molar-refractivity contribution in [1.29, 1.82) is 0 Å². The number of nitrogens with two attached hydrogens (primary N) is 1. The molecule has 0 saturated carbocycles. The molecule has 32 heavy (non-hydrogen) atoms. The Labute approximate surface area is 187 Å². The van der Waals surface area contributed by atoms with Gasteiger partial charge in [0.1, 0.15) is 5.82 Å². The van der Waals surface area contributed by atoms with Crippen LogP contribution >= 0.6 is 0 Å². The summed E-state index contributed by atoms with van der Waals surface area (Å²) in [5, 5.41) is 0.965. The van der Waals surface area contributed by atoms with Crippen molar-refractivity contribution in [2.24, 2.45) is 5.92 Å². The fourth-order valence-corrected chi connectivity index (χ4v) is 5.85. The van der Waals surface area contributed by atoms with Gasteiger partial charge in [0.2, 0.25) is 0 Å². The summed E-state index contributed by atoms with van der Waals surface area (Å²) < 4.78 is 11.6. The molecule has 1 aromatic heterocycles. The minimum Gasteiger partial charge on any atom is -0.383 e. The topological polar surface area (TPSA) is 77.7 Å². The molecule has 0 aliphatic carbocycles. The summed E-state index contributed by atoms with van der Waals surface area (Å²) in [7, 11) is 0. The van der Waals surface area contributed by atoms with Crippen LogP contribution in [0.25, 0.3) is 10.9 Å². The molecule has 0 bridgehead atoms. The van der Waals surface area contributed by atoms with Gasteiger partial charge in [0.15, 0.2) is 0 Å². The summed E-state index contributed by atoms with van der Waals surface area (Å²) in [5.41, 5.74) is 11.0. The summed E-state index contributed by atoms with van der Waals surface area (Å²) in [5.74, 6) is 1.23. The van der Waals surface area contributed by atoms with Crippen LogP contribution in [-0.4, -0.2) is 41.6 Å². The zero-order chi connectivity index (χ0) is 21.8. The number of nitrogen functional groups attached to an aromatic ring is 1. The number of amides is 1. The SMILES string of the molecule is C[C@H]1OCc2c1c(N)nc1ccc(C(=O)N3C[C@@H](c4ccccc4)[C@@H]4COCC[C@@H]43)cc21. The van der Waals surface area contributed by atoms with Gasteiger partial charge in [0, 0.05) is 47.5 Å². The number of carbonyl (C=O) groups excluding carboxylic acids is 1. The second-order valence-electron chi connectivity index (χ2n) is 9.14. The number of hydrogen-bond acceptors (Lipinski definition) is 5. The lowest BCUT2D eigenvalue weighted by molar-refractivity contribution is 0.0189. The van der Waals surface area contributed by atoms with E-state index >= 15 is 0 Å². The molecule has 1 amide bonds. The summed E-state index contributed by atoms with van der Waals surface area (Å²) in [6.07, 6.45) is 0.807. The molecule has 2 saturated heterocycles. The molecular formula is C26H27N3O3. The van der Waals surface area contributed by atoms with Crippen molar-refractivity contribution in [3.05, 3.63) is 70.8 Å². The van der Waals surface area contributed by atoms with E-state index in [-0.39, 0.29) is 18.1 Å². The van der Waals surface area contributed by atoms with Crippen LogP contribution in [0.3, 0.4) is 0 Å². The lowest BCUT2D eigenvalue weighted by Crippen LogP contribution is -2.42. The Morgan fingerprint density at radius 1 is 1.19 bits per heavy atom. The Kier molecular flexibility index (Phi) is 4.66. The molecule has 3 aliphatic rings. The Morgan fingerprint density at radius 3 is 2.88 bits per heavy atom. The number of rotatable bonds is 2. The second-order valence-corrected chi connectivity index (χ2v) is 9.14. The number of benzene rings is 2. The van der Waals surface area contributed by atoms with Gasteiger partial charge in [-0.1, -0.05) is 30.3 Å². The van der Waals surface area contributed by atoms with Crippen molar-refractivity contribution in [1.82, 2.24) is 9.88 Å². The summed E-state index contributed by atoms with van der Waals surface area (Å²) in [6.45, 7) is 4.62. The fraction of sp³-hybridized carbons (Fsp3) is 0.385. The maximum atomic E-state index is 13.8. The Morgan fingerprint density at radius 2 is 2.03 bits per heavy atom. The zero-order valence-corrected chi connectivity index (χ0v) is 18.2. The molecule has 0 spiro atoms. The predicted molar refractivity (Wildman–Crippen MR) is 122 cm³/mol. The number of nitrogens with zero attached hydrogens (tertiary/aromatic N) is 2. The molecule has 0 radical (unpaired) electrons. The number of ether oxygens (including phenoxy) is 2. The molecule has 6 nitrogen and oxygen atoms in total. The first-order valence-electron chi connectivity index (χ1n) is 11.4. The summed E-state index contributed by atoms with van der Waals surface area (Å²) in [4.78, 5) is 20.4. The standard InChI is InChI=1S/C26H27N3O3/c1-15-24-21(14-32-15)18-11-17(7-8-22(18)28-25(24)27)26(30)29-12-19(16-5-3-2-4-6-16)20-13-31-10-9-23(20)29/h2-8,11,15,19-20,23H,9-10,12-14H2,1H3,(H2,27,28)/t15-,19+,20+,23+/m1/s1. The first kappa shape index (κ1) is 19.7. The highest BCUT2D eigenvalue weighted by Gasteiger charge is 2.46. The van der Waals surface area contributed by atoms with Crippen LogP contribution in [0, 0.1) is 5.92 Å². The van der Waals surface area contributed by atoms with E-state index in [4.69, 9.17) is 15.2 Å². The van der Waals surface area contributed by atoms with Gasteiger partial charge < -0.3 is 20.1 Å². The minimum atomic E-state index is -0.0746. The molecule has 3 aliphatic heterocycles. The first-order valence-corrected chi connectivity index (χ1v) is 11.4. The van der Waals surface area contributed by atoms with Crippen molar-refractivity contribution in [2.75, 3.05) is 25.5 Å². The molecule has 3 aromatic rings. The van der Waals surface area contributed by atoms with Gasteiger partial charge in [-0.3, -0.25) is 4.79 Å². The number of fused-ring (bicyclic) bond motifs is 4. The van der Waals surface area contributed by atoms with Crippen LogP contribution in [0.1, 0.15) is 52.4 Å². The van der Waals surface area contributed by atoms with E-state index in [1.54, 1.807) is 0 Å². The molecule has 4 atom stereocenters. The Balaban J connectivity index is 1.37. The average Bonchev–Trinajstić information content (AvgIpc) is 3.41. The van der Waals surface area contributed by atoms with Gasteiger partial charge in [-0.2, -0.15) is 0 Å². The molecule has 6 rings (SSSR count). The molecular weight excluding hydrogens is 402 g/mol. The van der Waals surface area contributed by atoms with Crippen LogP contribution in [0.5, 0.6) is 0 Å². The highest BCUT2D eigenvalue weighted by Crippen LogP contribution is 2.42. The molecule has 6 heteroatoms. The van der Waals surface area contributed by atoms with Crippen molar-refractivity contribution < 1.29 is 14.3 Å². The third-order valence-corrected chi connectivity index (χ3v) is 7.46. The molecule has 0 unspecified atom stereocenters. The van der Waals surface area contributed by atoms with Crippen molar-refractivity contribution in [2.45, 2.75) is 38.0 Å². The quantitative estimate of drug-likeness (QED) is 0.665. The fourth-order valence-electron chi connectivity index (χ4n) is 5.85. The van der Waals surface area contributed by atoms with Gasteiger partial charge in [-0.05, 0) is 42.7 Å². The number of pyridine rings is 1. The Hall–Kier alpha value is -2.96. The van der Waals surface area contributed by atoms with Crippen LogP contribution in [0.2, 0.25) is 0 Å². The lowest BCUT2D eigenvalue weighted by atomic mass is 9.84. The van der Waals surface area contributed by atoms with Gasteiger partial charge >= 0.3 is 0 Å². The maximum absolute atomic E-state index is 13.8. The summed E-state index contributed by atoms with van der Waals surface area (Å²) in [6, 6.07) is 16.5. The van der Waals surface area contributed by atoms with Gasteiger partial charge in [-0.25, -0.2) is 4.98 Å². The molecule has 164 valence electrons. The van der Waals surface area contributed by atoms with Crippen LogP contribution in [-0.2, 0) is 16.1 Å². The maximum Gasteiger partial charge on any atom is 0.254 e. The van der Waals surface area contributed by atoms with Crippen LogP contribution in [0.15, 0.2) is 48.5 Å². The number of carbonyl (C=O) groups is 1. The van der Waals surface area contributed by atoms with Gasteiger partial charge in [0.25, 0.3) is 5.91 Å². The predicted octanol–water partition coefficient (Wildman–Crippen LogP) is 4.05. The Bertz CT molecular complexity index is 1200. The van der Waals surface area contributed by atoms with E-state index in [1.807, 2.05) is 31.2 Å². The highest BCUT2D eigenvalue weighted by molar-refractivity contribution is 5.99. The molecule has 4 heterocycles. The monoisotopic (exact) mass is 429 g/mol. The molecule has 2 fully saturated rings. The van der Waals surface area contributed by atoms with Crippen molar-refractivity contribution in [3.8, 4) is 0 Å². The lowest BCUT2D eigenvalue weighted by Gasteiger charge is -2.32.